The van der Waals surface area contributed by atoms with Crippen molar-refractivity contribution in [1.29, 1.82) is 0 Å². The summed E-state index contributed by atoms with van der Waals surface area (Å²) >= 11 is 0. The summed E-state index contributed by atoms with van der Waals surface area (Å²) in [6, 6.07) is -0.930. The van der Waals surface area contributed by atoms with Crippen molar-refractivity contribution in [3.63, 3.8) is 0 Å². The summed E-state index contributed by atoms with van der Waals surface area (Å²) < 4.78 is 22.8. The number of hydrogen-bond acceptors (Lipinski definition) is 13. The minimum atomic E-state index is -1.79. The van der Waals surface area contributed by atoms with Crippen LogP contribution >= 0.6 is 0 Å². The molecule has 1 amide bonds. The van der Waals surface area contributed by atoms with E-state index in [2.05, 4.69) is 55.6 Å². The SMILES string of the molecule is CCCCCCC/C=C\C/C=C\CCCCCCCCCCCCCCCCCCCCCCCCCC(=O)NC(COC1OC(CO)C(OC2OC(CO)C(O)C(O)C2O)C(O)C1O)C(O)/C=C/CC/C=C/CCCCCCCCCCC. The molecule has 14 heteroatoms. The number of unbranched alkanes of at least 4 members (excludes halogenated alkanes) is 38. The number of amides is 1. The predicted octanol–water partition coefficient (Wildman–Crippen LogP) is 13.9. The Hall–Kier alpha value is -2.05. The van der Waals surface area contributed by atoms with Gasteiger partial charge < -0.3 is 65.1 Å². The van der Waals surface area contributed by atoms with Crippen molar-refractivity contribution in [2.45, 2.75) is 370 Å². The molecule has 12 atom stereocenters. The van der Waals surface area contributed by atoms with Crippen molar-refractivity contribution in [2.75, 3.05) is 19.8 Å². The average Bonchev–Trinajstić information content (AvgIpc) is 3.23. The molecule has 84 heavy (non-hydrogen) atoms. The van der Waals surface area contributed by atoms with Crippen molar-refractivity contribution in [2.24, 2.45) is 0 Å². The Bertz CT molecular complexity index is 1590. The van der Waals surface area contributed by atoms with Crippen LogP contribution in [0.4, 0.5) is 0 Å². The normalized spacial score (nSPS) is 23.9. The van der Waals surface area contributed by atoms with E-state index < -0.39 is 86.8 Å². The van der Waals surface area contributed by atoms with Crippen LogP contribution in [0, 0.1) is 0 Å². The van der Waals surface area contributed by atoms with Crippen LogP contribution < -0.4 is 5.32 Å². The van der Waals surface area contributed by atoms with Gasteiger partial charge in [-0.05, 0) is 64.2 Å². The standard InChI is InChI=1S/C70H129NO13/c1-3-5-7-9-11-13-15-17-19-20-21-22-23-24-25-26-27-28-29-30-31-32-33-34-35-36-37-38-40-42-44-46-48-50-52-54-62(75)71-58(59(74)53-51-49-47-45-43-41-39-18-16-14-12-10-8-6-4-2)57-81-69-67(80)65(78)68(61(56-73)83-69)84-70-66(79)64(77)63(76)60(55-72)82-70/h15,17,20-21,43,45,51,53,58-61,63-70,72-74,76-80H,3-14,16,18-19,22-42,44,46-50,52,54-57H2,1-2H3,(H,71,75)/b17-15-,21-20-,45-43+,53-51+. The topological polar surface area (TPSA) is 228 Å². The lowest BCUT2D eigenvalue weighted by Crippen LogP contribution is -2.65. The third-order valence-corrected chi connectivity index (χ3v) is 17.0. The lowest BCUT2D eigenvalue weighted by molar-refractivity contribution is -0.359. The maximum Gasteiger partial charge on any atom is 0.220 e. The monoisotopic (exact) mass is 1190 g/mol. The van der Waals surface area contributed by atoms with Crippen LogP contribution in [-0.4, -0.2) is 140 Å². The summed E-state index contributed by atoms with van der Waals surface area (Å²) in [4.78, 5) is 13.3. The molecular weight excluding hydrogens is 1060 g/mol. The zero-order valence-corrected chi connectivity index (χ0v) is 53.4. The number of carbonyl (C=O) groups is 1. The molecule has 14 nitrogen and oxygen atoms in total. The molecule has 9 N–H and O–H groups in total. The molecule has 2 aliphatic heterocycles. The quantitative estimate of drug-likeness (QED) is 0.0204. The summed E-state index contributed by atoms with van der Waals surface area (Å²) in [5.41, 5.74) is 0. The zero-order valence-electron chi connectivity index (χ0n) is 53.4. The number of ether oxygens (including phenoxy) is 4. The first-order valence-corrected chi connectivity index (χ1v) is 34.9. The van der Waals surface area contributed by atoms with E-state index in [1.807, 2.05) is 6.08 Å². The first-order valence-electron chi connectivity index (χ1n) is 34.9. The van der Waals surface area contributed by atoms with Crippen LogP contribution in [0.15, 0.2) is 48.6 Å². The van der Waals surface area contributed by atoms with E-state index in [0.29, 0.717) is 12.8 Å². The molecule has 2 rings (SSSR count). The van der Waals surface area contributed by atoms with Gasteiger partial charge in [0.15, 0.2) is 12.6 Å². The van der Waals surface area contributed by atoms with Gasteiger partial charge in [-0.1, -0.05) is 274 Å². The number of nitrogens with one attached hydrogen (secondary N) is 1. The first kappa shape index (κ1) is 78.0. The zero-order chi connectivity index (χ0) is 60.9. The average molecular weight is 1190 g/mol. The van der Waals surface area contributed by atoms with Crippen molar-refractivity contribution in [1.82, 2.24) is 5.32 Å². The van der Waals surface area contributed by atoms with E-state index >= 15 is 0 Å². The molecule has 0 aromatic carbocycles. The Labute approximate surface area is 512 Å². The molecule has 492 valence electrons. The van der Waals surface area contributed by atoms with E-state index in [9.17, 15) is 45.6 Å². The van der Waals surface area contributed by atoms with Crippen LogP contribution in [0.1, 0.15) is 296 Å². The molecule has 0 bridgehead atoms. The fraction of sp³-hybridized carbons (Fsp3) is 0.871. The largest absolute Gasteiger partial charge is 0.394 e. The fourth-order valence-electron chi connectivity index (χ4n) is 11.4. The number of aliphatic hydroxyl groups excluding tert-OH is 8. The minimum absolute atomic E-state index is 0.245. The molecule has 0 aromatic heterocycles. The predicted molar refractivity (Wildman–Crippen MR) is 341 cm³/mol. The lowest BCUT2D eigenvalue weighted by Gasteiger charge is -2.46. The summed E-state index contributed by atoms with van der Waals surface area (Å²) in [6.45, 7) is 2.79. The Balaban J connectivity index is 1.61. The molecule has 0 spiro atoms. The molecule has 0 aromatic rings. The van der Waals surface area contributed by atoms with Gasteiger partial charge in [0, 0.05) is 6.42 Å². The smallest absolute Gasteiger partial charge is 0.220 e. The molecule has 2 heterocycles. The molecule has 0 aliphatic carbocycles. The van der Waals surface area contributed by atoms with Crippen LogP contribution in [0.5, 0.6) is 0 Å². The van der Waals surface area contributed by atoms with Crippen molar-refractivity contribution < 1.29 is 64.6 Å². The van der Waals surface area contributed by atoms with Crippen LogP contribution in [0.25, 0.3) is 0 Å². The van der Waals surface area contributed by atoms with Gasteiger partial charge in [0.2, 0.25) is 5.91 Å². The highest BCUT2D eigenvalue weighted by molar-refractivity contribution is 5.76. The van der Waals surface area contributed by atoms with Gasteiger partial charge in [-0.3, -0.25) is 4.79 Å². The molecule has 0 saturated carbocycles. The van der Waals surface area contributed by atoms with Crippen molar-refractivity contribution >= 4 is 5.91 Å². The number of allylic oxidation sites excluding steroid dienone is 7. The highest BCUT2D eigenvalue weighted by Gasteiger charge is 2.51. The summed E-state index contributed by atoms with van der Waals surface area (Å²) in [6.07, 6.45) is 54.7. The molecule has 0 radical (unpaired) electrons. The van der Waals surface area contributed by atoms with Crippen LogP contribution in [0.2, 0.25) is 0 Å². The van der Waals surface area contributed by atoms with Gasteiger partial charge in [0.05, 0.1) is 32.0 Å². The number of rotatable bonds is 57. The Kier molecular flexibility index (Phi) is 51.1. The summed E-state index contributed by atoms with van der Waals surface area (Å²) in [5.74, 6) is -0.245. The number of aliphatic hydroxyl groups is 8. The van der Waals surface area contributed by atoms with Crippen molar-refractivity contribution in [3.8, 4) is 0 Å². The molecule has 2 fully saturated rings. The Morgan fingerprint density at radius 3 is 1.24 bits per heavy atom. The molecule has 12 unspecified atom stereocenters. The molecular formula is C70H129NO13. The van der Waals surface area contributed by atoms with E-state index in [-0.39, 0.29) is 18.9 Å². The van der Waals surface area contributed by atoms with Gasteiger partial charge in [0.1, 0.15) is 48.8 Å². The van der Waals surface area contributed by atoms with E-state index in [1.54, 1.807) is 6.08 Å². The van der Waals surface area contributed by atoms with Gasteiger partial charge in [-0.25, -0.2) is 0 Å². The van der Waals surface area contributed by atoms with Crippen LogP contribution in [0.3, 0.4) is 0 Å². The number of carbonyl (C=O) groups excluding carboxylic acids is 1. The van der Waals surface area contributed by atoms with Gasteiger partial charge in [0.25, 0.3) is 0 Å². The van der Waals surface area contributed by atoms with E-state index in [4.69, 9.17) is 18.9 Å². The second-order valence-electron chi connectivity index (χ2n) is 24.6. The Morgan fingerprint density at radius 1 is 0.429 bits per heavy atom. The van der Waals surface area contributed by atoms with E-state index in [1.165, 1.54) is 225 Å². The summed E-state index contributed by atoms with van der Waals surface area (Å²) in [5, 5.41) is 87.2. The van der Waals surface area contributed by atoms with Gasteiger partial charge >= 0.3 is 0 Å². The Morgan fingerprint density at radius 2 is 0.798 bits per heavy atom. The number of hydrogen-bond donors (Lipinski definition) is 9. The second kappa shape index (κ2) is 55.1. The molecule has 2 saturated heterocycles. The first-order chi connectivity index (χ1) is 41.1. The van der Waals surface area contributed by atoms with Gasteiger partial charge in [-0.15, -0.1) is 0 Å². The highest BCUT2D eigenvalue weighted by Crippen LogP contribution is 2.30. The maximum atomic E-state index is 13.3. The summed E-state index contributed by atoms with van der Waals surface area (Å²) in [7, 11) is 0. The fourth-order valence-corrected chi connectivity index (χ4v) is 11.4. The minimum Gasteiger partial charge on any atom is -0.394 e. The van der Waals surface area contributed by atoms with Gasteiger partial charge in [-0.2, -0.15) is 0 Å². The second-order valence-corrected chi connectivity index (χ2v) is 24.6. The molecule has 2 aliphatic rings. The highest BCUT2D eigenvalue weighted by atomic mass is 16.7. The maximum absolute atomic E-state index is 13.3. The lowest BCUT2D eigenvalue weighted by atomic mass is 9.97. The van der Waals surface area contributed by atoms with Crippen LogP contribution in [-0.2, 0) is 23.7 Å². The third-order valence-electron chi connectivity index (χ3n) is 17.0. The van der Waals surface area contributed by atoms with E-state index in [0.717, 1.165) is 38.5 Å². The van der Waals surface area contributed by atoms with Crippen molar-refractivity contribution in [3.05, 3.63) is 48.6 Å². The third kappa shape index (κ3) is 39.1.